The van der Waals surface area contributed by atoms with Crippen molar-refractivity contribution in [3.63, 3.8) is 0 Å². The van der Waals surface area contributed by atoms with Gasteiger partial charge in [-0.05, 0) is 47.9 Å². The van der Waals surface area contributed by atoms with Crippen LogP contribution >= 0.6 is 0 Å². The Balaban J connectivity index is 1.37. The molecule has 0 aliphatic carbocycles. The number of aromatic hydroxyl groups is 1. The molecule has 0 atom stereocenters. The van der Waals surface area contributed by atoms with E-state index in [1.54, 1.807) is 6.20 Å². The lowest BCUT2D eigenvalue weighted by molar-refractivity contribution is 0.461. The van der Waals surface area contributed by atoms with Gasteiger partial charge in [0.1, 0.15) is 22.8 Å². The molecule has 35 heavy (non-hydrogen) atoms. The zero-order valence-electron chi connectivity index (χ0n) is 18.6. The van der Waals surface area contributed by atoms with Gasteiger partial charge in [0.15, 0.2) is 0 Å². The highest BCUT2D eigenvalue weighted by atomic mass is 16.5. The lowest BCUT2D eigenvalue weighted by Gasteiger charge is -2.10. The highest BCUT2D eigenvalue weighted by Gasteiger charge is 2.14. The Morgan fingerprint density at radius 2 is 1.46 bits per heavy atom. The first-order chi connectivity index (χ1) is 17.3. The minimum Gasteiger partial charge on any atom is -0.505 e. The van der Waals surface area contributed by atoms with Gasteiger partial charge < -0.3 is 9.84 Å². The molecule has 0 fully saturated rings. The second-order valence-corrected chi connectivity index (χ2v) is 8.49. The summed E-state index contributed by atoms with van der Waals surface area (Å²) in [6.45, 7) is 0. The fourth-order valence-electron chi connectivity index (χ4n) is 4.82. The van der Waals surface area contributed by atoms with E-state index in [2.05, 4.69) is 32.7 Å². The fraction of sp³-hybridized carbons (Fsp3) is 0. The number of phenols is 1. The van der Waals surface area contributed by atoms with Crippen LogP contribution in [0.15, 0.2) is 109 Å². The number of hydrogen-bond acceptors (Lipinski definition) is 4. The van der Waals surface area contributed by atoms with Gasteiger partial charge in [-0.1, -0.05) is 48.5 Å². The van der Waals surface area contributed by atoms with Gasteiger partial charge in [-0.25, -0.2) is 9.97 Å². The first kappa shape index (κ1) is 19.6. The molecule has 5 nitrogen and oxygen atoms in total. The van der Waals surface area contributed by atoms with Crippen molar-refractivity contribution < 1.29 is 9.84 Å². The average molecular weight is 454 g/mol. The third-order valence-corrected chi connectivity index (χ3v) is 6.40. The summed E-state index contributed by atoms with van der Waals surface area (Å²) in [5.41, 5.74) is 2.60. The molecule has 0 aliphatic rings. The molecule has 5 heteroatoms. The maximum absolute atomic E-state index is 10.9. The Labute approximate surface area is 200 Å². The van der Waals surface area contributed by atoms with Crippen LogP contribution in [0.3, 0.4) is 0 Å². The molecule has 7 rings (SSSR count). The standard InChI is InChI=1S/C30H19N3O2/c34-30-22-8-2-1-7-19(22)17-20-12-15-28(32-29(20)30)35-21-13-14-24-23-9-3-4-10-25(23)33(26(24)18-21)27-11-5-6-16-31-27/h1-18,34H. The summed E-state index contributed by atoms with van der Waals surface area (Å²) in [6.07, 6.45) is 1.80. The van der Waals surface area contributed by atoms with E-state index in [0.717, 1.165) is 43.8 Å². The number of ether oxygens (including phenoxy) is 1. The van der Waals surface area contributed by atoms with Gasteiger partial charge in [-0.3, -0.25) is 4.57 Å². The number of nitrogens with zero attached hydrogens (tertiary/aromatic N) is 3. The van der Waals surface area contributed by atoms with Crippen LogP contribution in [0.4, 0.5) is 0 Å². The fourth-order valence-corrected chi connectivity index (χ4v) is 4.82. The molecule has 0 amide bonds. The van der Waals surface area contributed by atoms with E-state index < -0.39 is 0 Å². The number of rotatable bonds is 3. The van der Waals surface area contributed by atoms with Crippen molar-refractivity contribution in [1.29, 1.82) is 0 Å². The first-order valence-corrected chi connectivity index (χ1v) is 11.4. The molecule has 7 aromatic rings. The summed E-state index contributed by atoms with van der Waals surface area (Å²) in [4.78, 5) is 9.22. The van der Waals surface area contributed by atoms with Gasteiger partial charge in [-0.2, -0.15) is 0 Å². The van der Waals surface area contributed by atoms with Crippen LogP contribution in [0, 0.1) is 0 Å². The summed E-state index contributed by atoms with van der Waals surface area (Å²) in [6, 6.07) is 33.7. The Hall–Kier alpha value is -4.90. The molecule has 4 aromatic carbocycles. The number of hydrogen-bond donors (Lipinski definition) is 1. The molecule has 0 spiro atoms. The molecular formula is C30H19N3O2. The highest BCUT2D eigenvalue weighted by Crippen LogP contribution is 2.36. The zero-order chi connectivity index (χ0) is 23.4. The molecule has 0 saturated carbocycles. The van der Waals surface area contributed by atoms with Gasteiger partial charge in [0.25, 0.3) is 0 Å². The molecule has 166 valence electrons. The van der Waals surface area contributed by atoms with Crippen molar-refractivity contribution in [3.8, 4) is 23.2 Å². The summed E-state index contributed by atoms with van der Waals surface area (Å²) in [5, 5.41) is 15.7. The predicted octanol–water partition coefficient (Wildman–Crippen LogP) is 7.38. The van der Waals surface area contributed by atoms with Crippen LogP contribution in [0.1, 0.15) is 0 Å². The molecule has 0 aliphatic heterocycles. The lowest BCUT2D eigenvalue weighted by Crippen LogP contribution is -1.96. The molecule has 0 bridgehead atoms. The quantitative estimate of drug-likeness (QED) is 0.284. The smallest absolute Gasteiger partial charge is 0.219 e. The summed E-state index contributed by atoms with van der Waals surface area (Å²) >= 11 is 0. The second-order valence-electron chi connectivity index (χ2n) is 8.49. The second kappa shape index (κ2) is 7.57. The van der Waals surface area contributed by atoms with Crippen LogP contribution < -0.4 is 4.74 Å². The largest absolute Gasteiger partial charge is 0.505 e. The van der Waals surface area contributed by atoms with Crippen molar-refractivity contribution in [1.82, 2.24) is 14.5 Å². The van der Waals surface area contributed by atoms with E-state index in [0.29, 0.717) is 17.1 Å². The summed E-state index contributed by atoms with van der Waals surface area (Å²) < 4.78 is 8.33. The summed E-state index contributed by atoms with van der Waals surface area (Å²) in [7, 11) is 0. The Morgan fingerprint density at radius 1 is 0.657 bits per heavy atom. The van der Waals surface area contributed by atoms with E-state index in [9.17, 15) is 5.11 Å². The minimum atomic E-state index is 0.161. The third-order valence-electron chi connectivity index (χ3n) is 6.40. The van der Waals surface area contributed by atoms with Gasteiger partial charge in [0, 0.05) is 39.9 Å². The van der Waals surface area contributed by atoms with E-state index in [1.807, 2.05) is 84.9 Å². The Morgan fingerprint density at radius 3 is 2.34 bits per heavy atom. The average Bonchev–Trinajstić information content (AvgIpc) is 3.23. The molecule has 3 aromatic heterocycles. The van der Waals surface area contributed by atoms with Gasteiger partial charge in [0.05, 0.1) is 11.0 Å². The number of benzene rings is 4. The van der Waals surface area contributed by atoms with E-state index >= 15 is 0 Å². The first-order valence-electron chi connectivity index (χ1n) is 11.4. The van der Waals surface area contributed by atoms with Crippen molar-refractivity contribution in [2.75, 3.05) is 0 Å². The molecule has 1 N–H and O–H groups in total. The molecular weight excluding hydrogens is 434 g/mol. The monoisotopic (exact) mass is 453 g/mol. The molecule has 0 radical (unpaired) electrons. The lowest BCUT2D eigenvalue weighted by atomic mass is 10.1. The van der Waals surface area contributed by atoms with Crippen molar-refractivity contribution >= 4 is 43.5 Å². The van der Waals surface area contributed by atoms with E-state index in [-0.39, 0.29) is 5.75 Å². The van der Waals surface area contributed by atoms with Crippen LogP contribution in [-0.2, 0) is 0 Å². The van der Waals surface area contributed by atoms with E-state index in [4.69, 9.17) is 4.74 Å². The van der Waals surface area contributed by atoms with Crippen molar-refractivity contribution in [2.45, 2.75) is 0 Å². The Bertz CT molecular complexity index is 1890. The maximum atomic E-state index is 10.9. The topological polar surface area (TPSA) is 60.2 Å². The number of phenolic OH excluding ortho intramolecular Hbond substituents is 1. The normalized spacial score (nSPS) is 11.5. The third kappa shape index (κ3) is 3.09. The highest BCUT2D eigenvalue weighted by molar-refractivity contribution is 6.09. The minimum absolute atomic E-state index is 0.161. The van der Waals surface area contributed by atoms with Gasteiger partial charge in [0.2, 0.25) is 5.88 Å². The SMILES string of the molecule is Oc1c2ccccc2cc2ccc(Oc3ccc4c5ccccc5n(-c5ccccn5)c4c3)nc12. The van der Waals surface area contributed by atoms with Gasteiger partial charge >= 0.3 is 0 Å². The van der Waals surface area contributed by atoms with Crippen LogP contribution in [0.25, 0.3) is 49.3 Å². The number of para-hydroxylation sites is 1. The zero-order valence-corrected chi connectivity index (χ0v) is 18.6. The predicted molar refractivity (Wildman–Crippen MR) is 140 cm³/mol. The number of aromatic nitrogens is 3. The van der Waals surface area contributed by atoms with Crippen LogP contribution in [-0.4, -0.2) is 19.6 Å². The van der Waals surface area contributed by atoms with Crippen LogP contribution in [0.5, 0.6) is 17.4 Å². The van der Waals surface area contributed by atoms with E-state index in [1.165, 1.54) is 0 Å². The Kier molecular flexibility index (Phi) is 4.23. The molecule has 0 unspecified atom stereocenters. The molecule has 0 saturated heterocycles. The van der Waals surface area contributed by atoms with Gasteiger partial charge in [-0.15, -0.1) is 0 Å². The van der Waals surface area contributed by atoms with Crippen molar-refractivity contribution in [2.24, 2.45) is 0 Å². The van der Waals surface area contributed by atoms with Crippen LogP contribution in [0.2, 0.25) is 0 Å². The van der Waals surface area contributed by atoms with Crippen molar-refractivity contribution in [3.05, 3.63) is 109 Å². The number of fused-ring (bicyclic) bond motifs is 5. The number of pyridine rings is 2. The molecule has 3 heterocycles. The maximum Gasteiger partial charge on any atom is 0.219 e. The summed E-state index contributed by atoms with van der Waals surface area (Å²) in [5.74, 6) is 2.08.